The van der Waals surface area contributed by atoms with E-state index in [9.17, 15) is 36.9 Å². The van der Waals surface area contributed by atoms with Crippen LogP contribution >= 0.6 is 54.2 Å². The summed E-state index contributed by atoms with van der Waals surface area (Å²) in [7, 11) is -4.10. The van der Waals surface area contributed by atoms with E-state index in [1.165, 1.54) is 55.6 Å². The Labute approximate surface area is 373 Å². The standard InChI is InChI=1S/C19H23ClN2O2S.C17H11Cl2F3O5.C3H8NO5P/c1-2-3-4-5-6-10-13-25-19(23)24-16-14-17(20)21-22-18(16)15-11-8-7-9-12-15;1-8(15(23)24)26-16(25)11-7-10(3-4-12(11)18)27-14-5-2-9(6-13(14)19)17(20,21)22;5-3(6)1-4-2-10(7,8)9/h7-9,11-12,14H,2-6,10,13H2,1H3;2-8H,1H3,(H,23,24);4H,1-2H2,(H,5,6)(H2,7,8,9)/t;8-;/m.0./s1. The maximum atomic E-state index is 12.7. The number of carbonyl (C=O) groups excluding carboxylic acids is 2. The number of thioether (sulfide) groups is 1. The molecule has 3 aromatic carbocycles. The van der Waals surface area contributed by atoms with Crippen LogP contribution in [0.15, 0.2) is 72.8 Å². The zero-order valence-electron chi connectivity index (χ0n) is 32.9. The van der Waals surface area contributed by atoms with Crippen LogP contribution in [-0.2, 0) is 25.1 Å². The second-order valence-electron chi connectivity index (χ2n) is 12.6. The van der Waals surface area contributed by atoms with E-state index in [1.54, 1.807) is 0 Å². The van der Waals surface area contributed by atoms with E-state index in [1.807, 2.05) is 30.3 Å². The van der Waals surface area contributed by atoms with Crippen LogP contribution in [-0.4, -0.2) is 78.1 Å². The van der Waals surface area contributed by atoms with Crippen molar-refractivity contribution in [1.29, 1.82) is 0 Å². The lowest BCUT2D eigenvalue weighted by Gasteiger charge is -2.13. The Hall–Kier alpha value is -4.46. The van der Waals surface area contributed by atoms with Crippen molar-refractivity contribution in [3.05, 3.63) is 99.1 Å². The largest absolute Gasteiger partial charge is 0.480 e. The molecular formula is C39H42Cl3F3N3O12PS. The third-order valence-corrected chi connectivity index (χ3v) is 9.81. The van der Waals surface area contributed by atoms with Gasteiger partial charge in [-0.25, -0.2) is 14.4 Å². The number of aliphatic carboxylic acids is 2. The second-order valence-corrected chi connectivity index (χ2v) is 16.5. The Balaban J connectivity index is 0.000000352. The molecule has 4 aromatic rings. The summed E-state index contributed by atoms with van der Waals surface area (Å²) in [6, 6.07) is 17.3. The van der Waals surface area contributed by atoms with Crippen LogP contribution in [0.4, 0.5) is 18.0 Å². The van der Waals surface area contributed by atoms with Gasteiger partial charge in [0.05, 0.1) is 34.0 Å². The van der Waals surface area contributed by atoms with Gasteiger partial charge >= 0.3 is 37.0 Å². The number of alkyl halides is 3. The van der Waals surface area contributed by atoms with E-state index < -0.39 is 56.2 Å². The molecule has 0 bridgehead atoms. The quantitative estimate of drug-likeness (QED) is 0.0354. The second kappa shape index (κ2) is 26.9. The summed E-state index contributed by atoms with van der Waals surface area (Å²) in [5.41, 5.74) is 0.224. The summed E-state index contributed by atoms with van der Waals surface area (Å²) in [6.45, 7) is 2.93. The molecule has 0 unspecified atom stereocenters. The first-order valence-corrected chi connectivity index (χ1v) is 22.2. The number of rotatable bonds is 18. The Morgan fingerprint density at radius 3 is 2.11 bits per heavy atom. The highest BCUT2D eigenvalue weighted by Gasteiger charge is 2.31. The molecule has 0 radical (unpaired) electrons. The first-order valence-electron chi connectivity index (χ1n) is 18.3. The van der Waals surface area contributed by atoms with Crippen LogP contribution in [0.5, 0.6) is 17.2 Å². The van der Waals surface area contributed by atoms with E-state index >= 15 is 0 Å². The van der Waals surface area contributed by atoms with E-state index in [4.69, 9.17) is 69.0 Å². The zero-order chi connectivity index (χ0) is 46.5. The van der Waals surface area contributed by atoms with Crippen molar-refractivity contribution in [2.45, 2.75) is 64.7 Å². The zero-order valence-corrected chi connectivity index (χ0v) is 36.9. The average Bonchev–Trinajstić information content (AvgIpc) is 3.18. The predicted molar refractivity (Wildman–Crippen MR) is 227 cm³/mol. The topological polar surface area (TPSA) is 232 Å². The average molecular weight is 971 g/mol. The third kappa shape index (κ3) is 21.1. The number of nitrogens with one attached hydrogen (secondary N) is 1. The Bertz CT molecular complexity index is 2150. The molecule has 0 amide bonds. The van der Waals surface area contributed by atoms with Crippen LogP contribution < -0.4 is 14.8 Å². The van der Waals surface area contributed by atoms with Gasteiger partial charge < -0.3 is 34.2 Å². The molecule has 1 heterocycles. The predicted octanol–water partition coefficient (Wildman–Crippen LogP) is 10.6. The van der Waals surface area contributed by atoms with Crippen molar-refractivity contribution >= 4 is 77.4 Å². The minimum Gasteiger partial charge on any atom is -0.480 e. The van der Waals surface area contributed by atoms with Crippen molar-refractivity contribution in [3.63, 3.8) is 0 Å². The van der Waals surface area contributed by atoms with E-state index in [-0.39, 0.29) is 37.6 Å². The number of halogens is 6. The number of carboxylic acids is 2. The molecule has 5 N–H and O–H groups in total. The van der Waals surface area contributed by atoms with E-state index in [0.717, 1.165) is 49.3 Å². The van der Waals surface area contributed by atoms with Crippen molar-refractivity contribution in [1.82, 2.24) is 15.5 Å². The Morgan fingerprint density at radius 2 is 1.52 bits per heavy atom. The maximum absolute atomic E-state index is 12.7. The number of aromatic nitrogens is 2. The Morgan fingerprint density at radius 1 is 0.855 bits per heavy atom. The lowest BCUT2D eigenvalue weighted by molar-refractivity contribution is -0.146. The number of carbonyl (C=O) groups is 4. The summed E-state index contributed by atoms with van der Waals surface area (Å²) in [5.74, 6) is -2.43. The summed E-state index contributed by atoms with van der Waals surface area (Å²) < 4.78 is 63.6. The first kappa shape index (κ1) is 53.7. The van der Waals surface area contributed by atoms with Crippen molar-refractivity contribution < 1.29 is 71.1 Å². The van der Waals surface area contributed by atoms with E-state index in [0.29, 0.717) is 17.5 Å². The summed E-state index contributed by atoms with van der Waals surface area (Å²) >= 11 is 18.8. The van der Waals surface area contributed by atoms with Crippen molar-refractivity contribution in [2.24, 2.45) is 0 Å². The number of nitrogens with zero attached hydrogens (tertiary/aromatic N) is 2. The minimum atomic E-state index is -4.56. The van der Waals surface area contributed by atoms with Gasteiger partial charge in [0.25, 0.3) is 0 Å². The highest BCUT2D eigenvalue weighted by atomic mass is 35.5. The molecule has 23 heteroatoms. The minimum absolute atomic E-state index is 0.0246. The van der Waals surface area contributed by atoms with Crippen molar-refractivity contribution in [3.8, 4) is 28.5 Å². The SMILES string of the molecule is CCCCCCCCSC(=O)Oc1cc(Cl)nnc1-c1ccccc1.C[C@H](OC(=O)c1cc(Oc2ccc(C(F)(F)F)cc2Cl)ccc1Cl)C(=O)O.O=C(O)CNCP(=O)(O)O. The number of hydrogen-bond donors (Lipinski definition) is 5. The third-order valence-electron chi connectivity index (χ3n) is 7.56. The smallest absolute Gasteiger partial charge is 0.416 e. The van der Waals surface area contributed by atoms with Gasteiger partial charge in [-0.3, -0.25) is 14.7 Å². The number of carboxylic acid groups (broad SMARTS) is 2. The molecule has 0 fully saturated rings. The van der Waals surface area contributed by atoms with Crippen LogP contribution in [0, 0.1) is 0 Å². The molecule has 338 valence electrons. The molecule has 0 aliphatic heterocycles. The summed E-state index contributed by atoms with van der Waals surface area (Å²) in [6.07, 6.45) is 0.643. The molecule has 0 saturated carbocycles. The van der Waals surface area contributed by atoms with Gasteiger partial charge in [0.2, 0.25) is 0 Å². The Kier molecular flexibility index (Phi) is 23.3. The van der Waals surface area contributed by atoms with Crippen LogP contribution in [0.3, 0.4) is 0 Å². The van der Waals surface area contributed by atoms with Gasteiger partial charge in [-0.05, 0) is 61.5 Å². The van der Waals surface area contributed by atoms with Crippen LogP contribution in [0.25, 0.3) is 11.3 Å². The highest BCUT2D eigenvalue weighted by Crippen LogP contribution is 2.37. The van der Waals surface area contributed by atoms with Gasteiger partial charge in [0.15, 0.2) is 17.0 Å². The number of ether oxygens (including phenoxy) is 3. The van der Waals surface area contributed by atoms with Gasteiger partial charge in [0.1, 0.15) is 17.2 Å². The number of benzene rings is 3. The molecule has 1 atom stereocenters. The van der Waals surface area contributed by atoms with Crippen molar-refractivity contribution in [2.75, 3.05) is 18.6 Å². The van der Waals surface area contributed by atoms with Gasteiger partial charge in [0, 0.05) is 17.4 Å². The maximum Gasteiger partial charge on any atom is 0.416 e. The number of hydrogen-bond acceptors (Lipinski definition) is 12. The molecule has 0 saturated heterocycles. The van der Waals surface area contributed by atoms with Crippen LogP contribution in [0.2, 0.25) is 15.2 Å². The van der Waals surface area contributed by atoms with Gasteiger partial charge in [-0.1, -0.05) is 104 Å². The fourth-order valence-corrected chi connectivity index (χ4v) is 6.20. The molecule has 15 nitrogen and oxygen atoms in total. The summed E-state index contributed by atoms with van der Waals surface area (Å²) in [5, 5.41) is 26.3. The monoisotopic (exact) mass is 969 g/mol. The molecule has 62 heavy (non-hydrogen) atoms. The molecule has 0 spiro atoms. The lowest BCUT2D eigenvalue weighted by atomic mass is 10.1. The number of esters is 1. The highest BCUT2D eigenvalue weighted by molar-refractivity contribution is 8.13. The number of unbranched alkanes of at least 4 members (excludes halogenated alkanes) is 5. The molecule has 4 rings (SSSR count). The summed E-state index contributed by atoms with van der Waals surface area (Å²) in [4.78, 5) is 61.0. The van der Waals surface area contributed by atoms with Crippen LogP contribution in [0.1, 0.15) is 68.3 Å². The fraction of sp³-hybridized carbons (Fsp3) is 0.333. The van der Waals surface area contributed by atoms with Gasteiger partial charge in [-0.2, -0.15) is 13.2 Å². The molecular weight excluding hydrogens is 929 g/mol. The molecule has 0 aliphatic carbocycles. The molecule has 1 aromatic heterocycles. The van der Waals surface area contributed by atoms with Gasteiger partial charge in [-0.15, -0.1) is 10.2 Å². The lowest BCUT2D eigenvalue weighted by Crippen LogP contribution is -2.23. The normalized spacial score (nSPS) is 11.5. The fourth-order valence-electron chi connectivity index (χ4n) is 4.58. The molecule has 0 aliphatic rings. The van der Waals surface area contributed by atoms with E-state index in [2.05, 4.69) is 22.4 Å². The first-order chi connectivity index (χ1) is 29.1.